The Bertz CT molecular complexity index is 592. The first-order valence-corrected chi connectivity index (χ1v) is 10.9. The summed E-state index contributed by atoms with van der Waals surface area (Å²) in [5.74, 6) is -1.17. The summed E-state index contributed by atoms with van der Waals surface area (Å²) in [5.41, 5.74) is -1.32. The maximum absolute atomic E-state index is 12.7. The molecule has 13 heteroatoms. The fourth-order valence-corrected chi connectivity index (χ4v) is 7.04. The van der Waals surface area contributed by atoms with E-state index in [2.05, 4.69) is 37.2 Å². The van der Waals surface area contributed by atoms with Gasteiger partial charge >= 0.3 is 5.97 Å². The highest BCUT2D eigenvalue weighted by Gasteiger charge is 2.64. The normalized spacial score (nSPS) is 35.7. The van der Waals surface area contributed by atoms with Crippen molar-refractivity contribution in [3.63, 3.8) is 0 Å². The fraction of sp³-hybridized carbons (Fsp3) is 0.727. The minimum Gasteiger partial charge on any atom is -0.461 e. The Morgan fingerprint density at radius 2 is 2.17 bits per heavy atom. The van der Waals surface area contributed by atoms with Crippen LogP contribution in [-0.2, 0) is 29.9 Å². The molecule has 1 N–H and O–H groups in total. The van der Waals surface area contributed by atoms with Gasteiger partial charge in [-0.3, -0.25) is 18.6 Å². The molecule has 0 saturated carbocycles. The Morgan fingerprint density at radius 3 is 2.67 bits per heavy atom. The summed E-state index contributed by atoms with van der Waals surface area (Å²) in [7, 11) is -1.67. The molecule has 0 radical (unpaired) electrons. The van der Waals surface area contributed by atoms with Gasteiger partial charge in [-0.1, -0.05) is 66.7 Å². The number of hydrogen-bond donors (Lipinski definition) is 1. The lowest BCUT2D eigenvalue weighted by molar-refractivity contribution is -0.161. The van der Waals surface area contributed by atoms with E-state index in [1.807, 2.05) is 0 Å². The summed E-state index contributed by atoms with van der Waals surface area (Å²) < 4.78 is 15.1. The monoisotopic (exact) mass is 546 g/mol. The SMILES string of the molecule is O=CNC1C(=O)N2CC(CBr)(C(=O)OCC(Cl)(Cl)Cl)C(Br)S(=O)[C@H]12. The van der Waals surface area contributed by atoms with E-state index in [-0.39, 0.29) is 11.9 Å². The lowest BCUT2D eigenvalue weighted by atomic mass is 9.89. The molecule has 24 heavy (non-hydrogen) atoms. The summed E-state index contributed by atoms with van der Waals surface area (Å²) >= 11 is 23.2. The number of hydrogen-bond acceptors (Lipinski definition) is 5. The Hall–Kier alpha value is 0.390. The molecule has 0 aromatic carbocycles. The number of carbonyl (C=O) groups is 3. The number of nitrogens with zero attached hydrogens (tertiary/aromatic N) is 1. The van der Waals surface area contributed by atoms with Crippen molar-refractivity contribution in [2.24, 2.45) is 5.41 Å². The second kappa shape index (κ2) is 7.56. The average molecular weight is 549 g/mol. The van der Waals surface area contributed by atoms with Gasteiger partial charge in [0.25, 0.3) is 0 Å². The van der Waals surface area contributed by atoms with E-state index in [0.717, 1.165) is 0 Å². The van der Waals surface area contributed by atoms with Gasteiger partial charge in [-0.15, -0.1) is 0 Å². The zero-order valence-electron chi connectivity index (χ0n) is 11.7. The minimum absolute atomic E-state index is 0.0425. The van der Waals surface area contributed by atoms with Crippen LogP contribution in [0.25, 0.3) is 0 Å². The third-order valence-corrected chi connectivity index (χ3v) is 8.90. The first kappa shape index (κ1) is 20.7. The molecule has 2 fully saturated rings. The summed E-state index contributed by atoms with van der Waals surface area (Å²) in [4.78, 5) is 36.5. The third kappa shape index (κ3) is 3.59. The molecule has 136 valence electrons. The van der Waals surface area contributed by atoms with Crippen molar-refractivity contribution >= 4 is 95.7 Å². The van der Waals surface area contributed by atoms with Gasteiger partial charge in [0.05, 0.1) is 10.8 Å². The van der Waals surface area contributed by atoms with Crippen molar-refractivity contribution in [1.82, 2.24) is 10.2 Å². The van der Waals surface area contributed by atoms with Crippen LogP contribution in [0.15, 0.2) is 0 Å². The van der Waals surface area contributed by atoms with Crippen LogP contribution >= 0.6 is 66.7 Å². The van der Waals surface area contributed by atoms with Crippen LogP contribution in [0.1, 0.15) is 0 Å². The Morgan fingerprint density at radius 1 is 1.54 bits per heavy atom. The zero-order valence-corrected chi connectivity index (χ0v) is 18.0. The number of carbonyl (C=O) groups excluding carboxylic acids is 3. The van der Waals surface area contributed by atoms with Crippen LogP contribution in [0.2, 0.25) is 0 Å². The average Bonchev–Trinajstić information content (AvgIpc) is 2.52. The highest BCUT2D eigenvalue weighted by atomic mass is 79.9. The van der Waals surface area contributed by atoms with Crippen molar-refractivity contribution in [2.45, 2.75) is 19.4 Å². The quantitative estimate of drug-likeness (QED) is 0.240. The molecule has 0 bridgehead atoms. The van der Waals surface area contributed by atoms with Gasteiger partial charge in [-0.25, -0.2) is 0 Å². The predicted molar refractivity (Wildman–Crippen MR) is 96.8 cm³/mol. The van der Waals surface area contributed by atoms with E-state index in [1.165, 1.54) is 4.90 Å². The van der Waals surface area contributed by atoms with Crippen LogP contribution in [0.4, 0.5) is 0 Å². The van der Waals surface area contributed by atoms with Crippen LogP contribution in [0.3, 0.4) is 0 Å². The minimum atomic E-state index is -1.78. The second-order valence-electron chi connectivity index (χ2n) is 5.24. The van der Waals surface area contributed by atoms with Gasteiger partial charge in [0.2, 0.25) is 16.1 Å². The first-order chi connectivity index (χ1) is 11.1. The van der Waals surface area contributed by atoms with Gasteiger partial charge in [0.1, 0.15) is 27.6 Å². The van der Waals surface area contributed by atoms with E-state index >= 15 is 0 Å². The van der Waals surface area contributed by atoms with Crippen molar-refractivity contribution in [3.8, 4) is 0 Å². The van der Waals surface area contributed by atoms with Crippen LogP contribution in [0.5, 0.6) is 0 Å². The smallest absolute Gasteiger partial charge is 0.317 e. The Balaban J connectivity index is 2.23. The summed E-state index contributed by atoms with van der Waals surface area (Å²) in [6.45, 7) is -0.524. The molecule has 2 heterocycles. The standard InChI is InChI=1S/C11H11Br2Cl3N2O5S/c12-1-10(9(21)23-3-11(14,15)16)2-18-6(20)5(17-4-19)7(18)24(22)8(10)13/h4-5,7-8H,1-3H2,(H,17,19)/t5?,7-,8?,10?,24?/m1/s1. The summed E-state index contributed by atoms with van der Waals surface area (Å²) in [6, 6.07) is -0.867. The maximum Gasteiger partial charge on any atom is 0.317 e. The molecule has 2 rings (SSSR count). The maximum atomic E-state index is 12.7. The van der Waals surface area contributed by atoms with Gasteiger partial charge in [-0.05, 0) is 0 Å². The zero-order chi connectivity index (χ0) is 18.3. The van der Waals surface area contributed by atoms with Crippen LogP contribution in [0, 0.1) is 5.41 Å². The fourth-order valence-electron chi connectivity index (χ4n) is 2.50. The van der Waals surface area contributed by atoms with Gasteiger partial charge in [0.15, 0.2) is 0 Å². The van der Waals surface area contributed by atoms with Crippen LogP contribution in [-0.4, -0.2) is 65.2 Å². The number of amides is 2. The molecule has 7 nitrogen and oxygen atoms in total. The number of halogens is 5. The molecule has 2 amide bonds. The molecule has 0 aromatic rings. The highest BCUT2D eigenvalue weighted by molar-refractivity contribution is 9.11. The first-order valence-electron chi connectivity index (χ1n) is 6.42. The lowest BCUT2D eigenvalue weighted by Crippen LogP contribution is -2.78. The van der Waals surface area contributed by atoms with Crippen molar-refractivity contribution in [1.29, 1.82) is 0 Å². The van der Waals surface area contributed by atoms with Gasteiger partial charge < -0.3 is 15.0 Å². The number of ether oxygens (including phenoxy) is 1. The van der Waals surface area contributed by atoms with Gasteiger partial charge in [0, 0.05) is 11.9 Å². The Labute approximate surface area is 171 Å². The molecule has 2 saturated heterocycles. The molecule has 2 aliphatic rings. The number of fused-ring (bicyclic) bond motifs is 1. The van der Waals surface area contributed by atoms with E-state index in [9.17, 15) is 18.6 Å². The number of alkyl halides is 5. The molecule has 0 aromatic heterocycles. The summed E-state index contributed by atoms with van der Waals surface area (Å²) in [5, 5.41) is 1.70. The van der Waals surface area contributed by atoms with E-state index in [4.69, 9.17) is 39.5 Å². The van der Waals surface area contributed by atoms with Crippen molar-refractivity contribution < 1.29 is 23.3 Å². The van der Waals surface area contributed by atoms with Crippen molar-refractivity contribution in [3.05, 3.63) is 0 Å². The van der Waals surface area contributed by atoms with E-state index < -0.39 is 54.1 Å². The molecule has 4 unspecified atom stereocenters. The molecule has 0 spiro atoms. The summed E-state index contributed by atoms with van der Waals surface area (Å²) in [6.07, 6.45) is 0.377. The highest BCUT2D eigenvalue weighted by Crippen LogP contribution is 2.45. The lowest BCUT2D eigenvalue weighted by Gasteiger charge is -2.54. The predicted octanol–water partition coefficient (Wildman–Crippen LogP) is 1.05. The second-order valence-corrected chi connectivity index (χ2v) is 11.5. The van der Waals surface area contributed by atoms with E-state index in [1.54, 1.807) is 0 Å². The molecule has 0 aliphatic carbocycles. The third-order valence-electron chi connectivity index (χ3n) is 3.73. The topological polar surface area (TPSA) is 92.8 Å². The van der Waals surface area contributed by atoms with Gasteiger partial charge in [-0.2, -0.15) is 0 Å². The molecular weight excluding hydrogens is 538 g/mol. The number of esters is 1. The van der Waals surface area contributed by atoms with Crippen molar-refractivity contribution in [2.75, 3.05) is 18.5 Å². The van der Waals surface area contributed by atoms with E-state index in [0.29, 0.717) is 6.41 Å². The number of β-lactam (4-membered cyclic amide) rings is 1. The molecule has 5 atom stereocenters. The van der Waals surface area contributed by atoms with Crippen LogP contribution < -0.4 is 5.32 Å². The largest absolute Gasteiger partial charge is 0.461 e. The molecular formula is C11H11Br2Cl3N2O5S. The number of nitrogens with one attached hydrogen (secondary N) is 1. The Kier molecular flexibility index (Phi) is 6.52. The number of rotatable bonds is 5. The molecule has 2 aliphatic heterocycles.